The Balaban J connectivity index is 2.25. The smallest absolute Gasteiger partial charge is 0.335 e. The summed E-state index contributed by atoms with van der Waals surface area (Å²) in [7, 11) is 0. The number of rotatable bonds is 5. The van der Waals surface area contributed by atoms with Gasteiger partial charge < -0.3 is 10.4 Å². The average molecular weight is 289 g/mol. The molecule has 0 saturated carbocycles. The van der Waals surface area contributed by atoms with Crippen LogP contribution in [-0.2, 0) is 0 Å². The number of carboxylic acids is 1. The van der Waals surface area contributed by atoms with E-state index in [0.29, 0.717) is 11.5 Å². The van der Waals surface area contributed by atoms with Gasteiger partial charge in [-0.1, -0.05) is 19.9 Å². The van der Waals surface area contributed by atoms with Crippen molar-refractivity contribution in [2.75, 3.05) is 5.32 Å². The average Bonchev–Trinajstić information content (AvgIpc) is 2.90. The van der Waals surface area contributed by atoms with Gasteiger partial charge in [0, 0.05) is 10.6 Å². The normalized spacial score (nSPS) is 12.4. The molecule has 2 N–H and O–H groups in total. The zero-order valence-corrected chi connectivity index (χ0v) is 12.7. The maximum atomic E-state index is 11.0. The first-order chi connectivity index (χ1) is 9.49. The fourth-order valence-corrected chi connectivity index (χ4v) is 3.11. The van der Waals surface area contributed by atoms with E-state index in [-0.39, 0.29) is 6.04 Å². The van der Waals surface area contributed by atoms with Gasteiger partial charge in [-0.3, -0.25) is 0 Å². The minimum absolute atomic E-state index is 0.240. The first-order valence-corrected chi connectivity index (χ1v) is 7.51. The third-order valence-electron chi connectivity index (χ3n) is 3.30. The van der Waals surface area contributed by atoms with Gasteiger partial charge in [0.05, 0.1) is 11.6 Å². The van der Waals surface area contributed by atoms with Crippen LogP contribution in [0.5, 0.6) is 0 Å². The van der Waals surface area contributed by atoms with Gasteiger partial charge in [0.2, 0.25) is 0 Å². The van der Waals surface area contributed by atoms with Gasteiger partial charge in [0.25, 0.3) is 0 Å². The van der Waals surface area contributed by atoms with E-state index in [4.69, 9.17) is 5.11 Å². The number of hydrogen-bond acceptors (Lipinski definition) is 3. The van der Waals surface area contributed by atoms with Gasteiger partial charge in [0.15, 0.2) is 0 Å². The van der Waals surface area contributed by atoms with Crippen LogP contribution in [0.3, 0.4) is 0 Å². The molecule has 3 nitrogen and oxygen atoms in total. The van der Waals surface area contributed by atoms with Crippen LogP contribution < -0.4 is 5.32 Å². The Morgan fingerprint density at radius 2 is 2.05 bits per heavy atom. The van der Waals surface area contributed by atoms with Crippen LogP contribution in [0.1, 0.15) is 40.7 Å². The maximum absolute atomic E-state index is 11.0. The number of anilines is 1. The van der Waals surface area contributed by atoms with Crippen molar-refractivity contribution in [1.82, 2.24) is 0 Å². The van der Waals surface area contributed by atoms with Crippen LogP contribution in [0.4, 0.5) is 5.69 Å². The van der Waals surface area contributed by atoms with Crippen molar-refractivity contribution >= 4 is 23.0 Å². The monoisotopic (exact) mass is 289 g/mol. The summed E-state index contributed by atoms with van der Waals surface area (Å²) in [5.74, 6) is -0.439. The van der Waals surface area contributed by atoms with Gasteiger partial charge >= 0.3 is 5.97 Å². The maximum Gasteiger partial charge on any atom is 0.335 e. The largest absolute Gasteiger partial charge is 0.478 e. The molecule has 1 aromatic heterocycles. The molecule has 0 bridgehead atoms. The van der Waals surface area contributed by atoms with Crippen LogP contribution in [0, 0.1) is 12.8 Å². The van der Waals surface area contributed by atoms with Gasteiger partial charge in [-0.05, 0) is 48.1 Å². The summed E-state index contributed by atoms with van der Waals surface area (Å²) in [5.41, 5.74) is 2.26. The molecular formula is C16H19NO2S. The van der Waals surface area contributed by atoms with Gasteiger partial charge in [-0.15, -0.1) is 11.3 Å². The third-order valence-corrected chi connectivity index (χ3v) is 4.26. The van der Waals surface area contributed by atoms with Crippen molar-refractivity contribution in [2.24, 2.45) is 5.92 Å². The topological polar surface area (TPSA) is 49.3 Å². The van der Waals surface area contributed by atoms with Crippen molar-refractivity contribution in [2.45, 2.75) is 26.8 Å². The molecule has 0 fully saturated rings. The van der Waals surface area contributed by atoms with E-state index >= 15 is 0 Å². The first-order valence-electron chi connectivity index (χ1n) is 6.63. The highest BCUT2D eigenvalue weighted by atomic mass is 32.1. The van der Waals surface area contributed by atoms with E-state index in [2.05, 4.69) is 36.7 Å². The number of aryl methyl sites for hydroxylation is 1. The van der Waals surface area contributed by atoms with Crippen molar-refractivity contribution in [3.8, 4) is 0 Å². The molecule has 0 aliphatic rings. The van der Waals surface area contributed by atoms with E-state index in [1.54, 1.807) is 23.5 Å². The van der Waals surface area contributed by atoms with E-state index in [9.17, 15) is 4.79 Å². The van der Waals surface area contributed by atoms with E-state index in [0.717, 1.165) is 11.3 Å². The number of nitrogens with one attached hydrogen (secondary N) is 1. The SMILES string of the molecule is Cc1cc(C(=O)O)ccc1NC(c1cccs1)C(C)C. The molecule has 1 heterocycles. The second-order valence-corrected chi connectivity index (χ2v) is 6.20. The van der Waals surface area contributed by atoms with Crippen LogP contribution in [0.15, 0.2) is 35.7 Å². The third kappa shape index (κ3) is 3.20. The lowest BCUT2D eigenvalue weighted by molar-refractivity contribution is 0.0697. The number of hydrogen-bond donors (Lipinski definition) is 2. The lowest BCUT2D eigenvalue weighted by atomic mass is 10.0. The van der Waals surface area contributed by atoms with Crippen LogP contribution >= 0.6 is 11.3 Å². The molecule has 0 spiro atoms. The molecule has 2 aromatic rings. The molecule has 20 heavy (non-hydrogen) atoms. The van der Waals surface area contributed by atoms with E-state index < -0.39 is 5.97 Å². The molecule has 0 radical (unpaired) electrons. The summed E-state index contributed by atoms with van der Waals surface area (Å²) in [6.07, 6.45) is 0. The molecular weight excluding hydrogens is 270 g/mol. The second-order valence-electron chi connectivity index (χ2n) is 5.22. The lowest BCUT2D eigenvalue weighted by Gasteiger charge is -2.23. The van der Waals surface area contributed by atoms with Gasteiger partial charge in [-0.2, -0.15) is 0 Å². The highest BCUT2D eigenvalue weighted by Gasteiger charge is 2.17. The molecule has 4 heteroatoms. The number of carbonyl (C=O) groups is 1. The molecule has 1 unspecified atom stereocenters. The summed E-state index contributed by atoms with van der Waals surface area (Å²) >= 11 is 1.74. The quantitative estimate of drug-likeness (QED) is 0.848. The van der Waals surface area contributed by atoms with Gasteiger partial charge in [0.1, 0.15) is 0 Å². The van der Waals surface area contributed by atoms with Crippen LogP contribution in [0.25, 0.3) is 0 Å². The summed E-state index contributed by atoms with van der Waals surface area (Å²) in [4.78, 5) is 12.3. The number of carboxylic acid groups (broad SMARTS) is 1. The molecule has 0 aliphatic carbocycles. The summed E-state index contributed by atoms with van der Waals surface area (Å²) in [6, 6.07) is 9.62. The minimum Gasteiger partial charge on any atom is -0.478 e. The Morgan fingerprint density at radius 3 is 2.55 bits per heavy atom. The fourth-order valence-electron chi connectivity index (χ4n) is 2.16. The molecule has 0 amide bonds. The van der Waals surface area contributed by atoms with Gasteiger partial charge in [-0.25, -0.2) is 4.79 Å². The lowest BCUT2D eigenvalue weighted by Crippen LogP contribution is -2.16. The van der Waals surface area contributed by atoms with Crippen molar-refractivity contribution < 1.29 is 9.90 Å². The number of thiophene rings is 1. The molecule has 106 valence electrons. The molecule has 0 saturated heterocycles. The first kappa shape index (κ1) is 14.6. The zero-order valence-electron chi connectivity index (χ0n) is 11.9. The summed E-state index contributed by atoms with van der Waals surface area (Å²) < 4.78 is 0. The molecule has 1 aromatic carbocycles. The number of aromatic carboxylic acids is 1. The summed E-state index contributed by atoms with van der Waals surface area (Å²) in [5, 5.41) is 14.6. The van der Waals surface area contributed by atoms with Crippen LogP contribution in [-0.4, -0.2) is 11.1 Å². The summed E-state index contributed by atoms with van der Waals surface area (Å²) in [6.45, 7) is 6.29. The Bertz CT molecular complexity index is 591. The Kier molecular flexibility index (Phi) is 4.45. The highest BCUT2D eigenvalue weighted by molar-refractivity contribution is 7.10. The Morgan fingerprint density at radius 1 is 1.30 bits per heavy atom. The van der Waals surface area contributed by atoms with Crippen LogP contribution in [0.2, 0.25) is 0 Å². The van der Waals surface area contributed by atoms with Crippen molar-refractivity contribution in [3.05, 3.63) is 51.7 Å². The predicted molar refractivity (Wildman–Crippen MR) is 83.7 cm³/mol. The van der Waals surface area contributed by atoms with E-state index in [1.807, 2.05) is 13.0 Å². The molecule has 2 rings (SSSR count). The Hall–Kier alpha value is -1.81. The Labute approximate surface area is 123 Å². The second kappa shape index (κ2) is 6.09. The fraction of sp³-hybridized carbons (Fsp3) is 0.312. The zero-order chi connectivity index (χ0) is 14.7. The van der Waals surface area contributed by atoms with E-state index in [1.165, 1.54) is 4.88 Å². The number of benzene rings is 1. The standard InChI is InChI=1S/C16H19NO2S/c1-10(2)15(14-5-4-8-20-14)17-13-7-6-12(16(18)19)9-11(13)3/h4-10,15,17H,1-3H3,(H,18,19). The van der Waals surface area contributed by atoms with Crippen molar-refractivity contribution in [3.63, 3.8) is 0 Å². The molecule has 0 aliphatic heterocycles. The van der Waals surface area contributed by atoms with Crippen molar-refractivity contribution in [1.29, 1.82) is 0 Å². The molecule has 1 atom stereocenters. The minimum atomic E-state index is -0.890. The predicted octanol–water partition coefficient (Wildman–Crippen LogP) is 4.56. The highest BCUT2D eigenvalue weighted by Crippen LogP contribution is 2.31.